The number of nitrogens with one attached hydrogen (secondary N) is 1. The predicted molar refractivity (Wildman–Crippen MR) is 76.4 cm³/mol. The molecule has 4 heterocycles. The van der Waals surface area contributed by atoms with Gasteiger partial charge in [0.1, 0.15) is 0 Å². The highest BCUT2D eigenvalue weighted by molar-refractivity contribution is 7.57. The van der Waals surface area contributed by atoms with Gasteiger partial charge in [-0.05, 0) is 67.7 Å². The molecule has 0 spiro atoms. The summed E-state index contributed by atoms with van der Waals surface area (Å²) < 4.78 is 0. The van der Waals surface area contributed by atoms with Gasteiger partial charge in [-0.15, -0.1) is 7.92 Å². The summed E-state index contributed by atoms with van der Waals surface area (Å²) in [5, 5.41) is 2.92. The van der Waals surface area contributed by atoms with Gasteiger partial charge in [0.05, 0.1) is 0 Å². The van der Waals surface area contributed by atoms with Crippen molar-refractivity contribution in [3.05, 3.63) is 36.7 Å². The van der Waals surface area contributed by atoms with E-state index in [9.17, 15) is 0 Å². The summed E-state index contributed by atoms with van der Waals surface area (Å²) >= 11 is 0. The molecule has 1 aliphatic carbocycles. The third kappa shape index (κ3) is 3.01. The topological polar surface area (TPSA) is 12.0 Å². The summed E-state index contributed by atoms with van der Waals surface area (Å²) in [5.74, 6) is 3.62. The minimum Gasteiger partial charge on any atom is -0.368 e. The molecule has 3 saturated heterocycles. The van der Waals surface area contributed by atoms with E-state index in [2.05, 4.69) is 5.32 Å². The molecule has 0 amide bonds. The fraction of sp³-hybridized carbons (Fsp3) is 0.600. The van der Waals surface area contributed by atoms with Crippen LogP contribution >= 0.6 is 7.92 Å². The van der Waals surface area contributed by atoms with Gasteiger partial charge in [0.25, 0.3) is 0 Å². The molecule has 0 radical (unpaired) electrons. The molecule has 5 rings (SSSR count). The lowest BCUT2D eigenvalue weighted by Gasteiger charge is -2.49. The third-order valence-electron chi connectivity index (χ3n) is 4.27. The first-order valence-corrected chi connectivity index (χ1v) is 8.76. The van der Waals surface area contributed by atoms with E-state index in [4.69, 9.17) is 0 Å². The molecule has 4 bridgehead atoms. The van der Waals surface area contributed by atoms with Gasteiger partial charge in [0, 0.05) is 12.4 Å². The van der Waals surface area contributed by atoms with Crippen LogP contribution in [-0.4, -0.2) is 18.5 Å². The lowest BCUT2D eigenvalue weighted by Crippen LogP contribution is -2.38. The molecule has 5 aliphatic rings. The van der Waals surface area contributed by atoms with Crippen molar-refractivity contribution in [2.24, 2.45) is 17.8 Å². The second kappa shape index (κ2) is 5.40. The fourth-order valence-corrected chi connectivity index (χ4v) is 7.41. The Balaban J connectivity index is 0.000000115. The van der Waals surface area contributed by atoms with Gasteiger partial charge in [-0.1, -0.05) is 12.2 Å². The number of hydrogen-bond donors (Lipinski definition) is 1. The maximum Gasteiger partial charge on any atom is 0.000442 e. The Kier molecular flexibility index (Phi) is 3.66. The first-order chi connectivity index (χ1) is 8.40. The molecular formula is C15H22NP. The molecule has 4 fully saturated rings. The molecule has 0 unspecified atom stereocenters. The standard InChI is InChI=1S/C9H15P.C6H7N/c1-7-2-9-3-8(1)5-10(4-7)6-9;1-2-4-6-7-5-3-1/h7-9H,1-6H2;1-7H. The van der Waals surface area contributed by atoms with Crippen molar-refractivity contribution in [1.82, 2.24) is 5.32 Å². The zero-order valence-electron chi connectivity index (χ0n) is 10.4. The lowest BCUT2D eigenvalue weighted by atomic mass is 9.76. The molecule has 1 saturated carbocycles. The van der Waals surface area contributed by atoms with Crippen LogP contribution < -0.4 is 5.32 Å². The van der Waals surface area contributed by atoms with E-state index in [1.165, 1.54) is 17.8 Å². The van der Waals surface area contributed by atoms with Crippen LogP contribution in [0.4, 0.5) is 0 Å². The number of rotatable bonds is 0. The molecular weight excluding hydrogens is 225 g/mol. The highest BCUT2D eigenvalue weighted by Gasteiger charge is 2.41. The molecule has 1 nitrogen and oxygen atoms in total. The minimum absolute atomic E-state index is 0.588. The van der Waals surface area contributed by atoms with Gasteiger partial charge < -0.3 is 5.32 Å². The average Bonchev–Trinajstić information content (AvgIpc) is 2.59. The van der Waals surface area contributed by atoms with E-state index < -0.39 is 0 Å². The Hall–Kier alpha value is -0.550. The van der Waals surface area contributed by atoms with Gasteiger partial charge in [-0.3, -0.25) is 0 Å². The number of hydrogen-bond acceptors (Lipinski definition) is 1. The second-order valence-electron chi connectivity index (χ2n) is 5.79. The van der Waals surface area contributed by atoms with Crippen LogP contribution in [0.5, 0.6) is 0 Å². The van der Waals surface area contributed by atoms with Crippen molar-refractivity contribution in [3.63, 3.8) is 0 Å². The van der Waals surface area contributed by atoms with Crippen LogP contribution in [0.3, 0.4) is 0 Å². The van der Waals surface area contributed by atoms with Crippen LogP contribution in [0, 0.1) is 17.8 Å². The first-order valence-electron chi connectivity index (χ1n) is 6.87. The molecule has 0 aromatic carbocycles. The Bertz CT molecular complexity index is 272. The van der Waals surface area contributed by atoms with E-state index in [1.807, 2.05) is 36.7 Å². The largest absolute Gasteiger partial charge is 0.368 e. The summed E-state index contributed by atoms with van der Waals surface area (Å²) in [6, 6.07) is 0. The lowest BCUT2D eigenvalue weighted by molar-refractivity contribution is 0.212. The molecule has 0 aromatic heterocycles. The number of allylic oxidation sites excluding steroid dienone is 4. The molecule has 0 aromatic rings. The zero-order chi connectivity index (χ0) is 11.5. The Morgan fingerprint density at radius 1 is 0.706 bits per heavy atom. The summed E-state index contributed by atoms with van der Waals surface area (Å²) in [6.07, 6.45) is 21.4. The van der Waals surface area contributed by atoms with Crippen molar-refractivity contribution >= 4 is 7.92 Å². The molecule has 1 N–H and O–H groups in total. The van der Waals surface area contributed by atoms with Crippen LogP contribution in [0.1, 0.15) is 19.3 Å². The summed E-state index contributed by atoms with van der Waals surface area (Å²) in [5.41, 5.74) is 0. The van der Waals surface area contributed by atoms with Gasteiger partial charge >= 0.3 is 0 Å². The normalized spacial score (nSPS) is 40.5. The predicted octanol–water partition coefficient (Wildman–Crippen LogP) is 3.70. The molecule has 92 valence electrons. The minimum atomic E-state index is 0.588. The van der Waals surface area contributed by atoms with E-state index in [0.29, 0.717) is 7.92 Å². The van der Waals surface area contributed by atoms with Crippen LogP contribution in [0.2, 0.25) is 0 Å². The van der Waals surface area contributed by atoms with Crippen molar-refractivity contribution in [2.75, 3.05) is 18.5 Å². The SMILES string of the molecule is C1=CC=CNC=C1.C1C2CC3CC1CP(C2)C3. The Morgan fingerprint density at radius 3 is 1.59 bits per heavy atom. The molecule has 17 heavy (non-hydrogen) atoms. The third-order valence-corrected chi connectivity index (χ3v) is 7.37. The van der Waals surface area contributed by atoms with Gasteiger partial charge in [-0.25, -0.2) is 0 Å². The molecule has 2 heteroatoms. The van der Waals surface area contributed by atoms with Crippen molar-refractivity contribution in [1.29, 1.82) is 0 Å². The summed E-state index contributed by atoms with van der Waals surface area (Å²) in [4.78, 5) is 0. The van der Waals surface area contributed by atoms with Gasteiger partial charge in [-0.2, -0.15) is 0 Å². The quantitative estimate of drug-likeness (QED) is 0.644. The van der Waals surface area contributed by atoms with Gasteiger partial charge in [0.15, 0.2) is 0 Å². The van der Waals surface area contributed by atoms with E-state index in [1.54, 1.807) is 37.7 Å². The van der Waals surface area contributed by atoms with Crippen molar-refractivity contribution in [3.8, 4) is 0 Å². The van der Waals surface area contributed by atoms with Crippen LogP contribution in [-0.2, 0) is 0 Å². The van der Waals surface area contributed by atoms with Crippen LogP contribution in [0.15, 0.2) is 36.7 Å². The molecule has 0 atom stereocenters. The van der Waals surface area contributed by atoms with Crippen molar-refractivity contribution < 1.29 is 0 Å². The fourth-order valence-electron chi connectivity index (χ4n) is 3.88. The average molecular weight is 247 g/mol. The monoisotopic (exact) mass is 247 g/mol. The van der Waals surface area contributed by atoms with E-state index in [0.717, 1.165) is 0 Å². The molecule has 4 aliphatic heterocycles. The first kappa shape index (κ1) is 11.5. The smallest absolute Gasteiger partial charge is 0.000442 e. The van der Waals surface area contributed by atoms with E-state index >= 15 is 0 Å². The highest BCUT2D eigenvalue weighted by atomic mass is 31.1. The summed E-state index contributed by atoms with van der Waals surface area (Å²) in [7, 11) is 0.588. The second-order valence-corrected chi connectivity index (χ2v) is 8.23. The summed E-state index contributed by atoms with van der Waals surface area (Å²) in [6.45, 7) is 0. The maximum absolute atomic E-state index is 2.92. The Labute approximate surface area is 106 Å². The zero-order valence-corrected chi connectivity index (χ0v) is 11.3. The highest BCUT2D eigenvalue weighted by Crippen LogP contribution is 2.59. The van der Waals surface area contributed by atoms with Crippen LogP contribution in [0.25, 0.3) is 0 Å². The van der Waals surface area contributed by atoms with E-state index in [-0.39, 0.29) is 0 Å². The maximum atomic E-state index is 2.92. The van der Waals surface area contributed by atoms with Crippen molar-refractivity contribution in [2.45, 2.75) is 19.3 Å². The van der Waals surface area contributed by atoms with Gasteiger partial charge in [0.2, 0.25) is 0 Å². The Morgan fingerprint density at radius 2 is 1.18 bits per heavy atom.